The normalized spacial score (nSPS) is 10.6. The Labute approximate surface area is 190 Å². The van der Waals surface area contributed by atoms with Crippen LogP contribution in [0.15, 0.2) is 72.9 Å². The predicted molar refractivity (Wildman–Crippen MR) is 122 cm³/mol. The minimum absolute atomic E-state index is 0.0338. The van der Waals surface area contributed by atoms with Crippen molar-refractivity contribution < 1.29 is 23.7 Å². The number of nitrogen functional groups attached to an aromatic ring is 1. The van der Waals surface area contributed by atoms with Crippen LogP contribution in [0.3, 0.4) is 0 Å². The summed E-state index contributed by atoms with van der Waals surface area (Å²) in [6, 6.07) is 18.0. The van der Waals surface area contributed by atoms with Gasteiger partial charge in [0.1, 0.15) is 29.6 Å². The highest BCUT2D eigenvalue weighted by Gasteiger charge is 2.17. The highest BCUT2D eigenvalue weighted by Crippen LogP contribution is 2.40. The Kier molecular flexibility index (Phi) is 6.54. The number of aromatic hydroxyl groups is 1. The number of nitrogens with two attached hydrogens (primary N) is 1. The molecule has 0 aliphatic heterocycles. The average Bonchev–Trinajstić information content (AvgIpc) is 2.81. The fraction of sp³-hybridized carbons (Fsp3) is 0.120. The lowest BCUT2D eigenvalue weighted by atomic mass is 10.1. The molecule has 0 saturated carbocycles. The standard InChI is InChI=1S/C25H22FN3O4/c1-2-31-21-5-3-4-6-22(21)33-23-14-28-25(27)29-24(23)19-12-11-18(13-20(19)30)32-15-16-7-9-17(26)10-8-16/h3-14,30H,2,15H2,1H3,(H2,27,28,29). The number of aromatic nitrogens is 2. The largest absolute Gasteiger partial charge is 0.507 e. The van der Waals surface area contributed by atoms with Crippen molar-refractivity contribution in [3.8, 4) is 40.0 Å². The maximum absolute atomic E-state index is 13.1. The van der Waals surface area contributed by atoms with E-state index < -0.39 is 0 Å². The van der Waals surface area contributed by atoms with Crippen LogP contribution in [0.25, 0.3) is 11.3 Å². The number of rotatable bonds is 8. The van der Waals surface area contributed by atoms with Crippen LogP contribution in [0.5, 0.6) is 28.7 Å². The van der Waals surface area contributed by atoms with Gasteiger partial charge in [0.25, 0.3) is 0 Å². The molecule has 33 heavy (non-hydrogen) atoms. The molecule has 0 bridgehead atoms. The summed E-state index contributed by atoms with van der Waals surface area (Å²) in [6.07, 6.45) is 1.44. The van der Waals surface area contributed by atoms with E-state index in [4.69, 9.17) is 19.9 Å². The third-order valence-corrected chi connectivity index (χ3v) is 4.69. The topological polar surface area (TPSA) is 99.7 Å². The van der Waals surface area contributed by atoms with Gasteiger partial charge in [0.15, 0.2) is 17.2 Å². The molecular formula is C25H22FN3O4. The van der Waals surface area contributed by atoms with Gasteiger partial charge in [-0.15, -0.1) is 0 Å². The Morgan fingerprint density at radius 2 is 1.70 bits per heavy atom. The summed E-state index contributed by atoms with van der Waals surface area (Å²) in [5.41, 5.74) is 7.31. The van der Waals surface area contributed by atoms with E-state index in [1.54, 1.807) is 36.4 Å². The molecule has 0 spiro atoms. The first-order valence-corrected chi connectivity index (χ1v) is 10.3. The average molecular weight is 447 g/mol. The molecule has 0 aliphatic carbocycles. The van der Waals surface area contributed by atoms with Crippen LogP contribution in [0.1, 0.15) is 12.5 Å². The summed E-state index contributed by atoms with van der Waals surface area (Å²) in [6.45, 7) is 2.58. The van der Waals surface area contributed by atoms with Crippen molar-refractivity contribution in [3.63, 3.8) is 0 Å². The van der Waals surface area contributed by atoms with E-state index in [0.717, 1.165) is 5.56 Å². The van der Waals surface area contributed by atoms with Crippen molar-refractivity contribution >= 4 is 5.95 Å². The number of ether oxygens (including phenoxy) is 3. The maximum Gasteiger partial charge on any atom is 0.220 e. The summed E-state index contributed by atoms with van der Waals surface area (Å²) in [4.78, 5) is 8.29. The van der Waals surface area contributed by atoms with Gasteiger partial charge < -0.3 is 25.1 Å². The molecule has 3 aromatic carbocycles. The molecule has 0 aliphatic rings. The summed E-state index contributed by atoms with van der Waals surface area (Å²) in [5, 5.41) is 10.7. The molecule has 4 aromatic rings. The molecule has 4 rings (SSSR count). The van der Waals surface area contributed by atoms with Gasteiger partial charge in [-0.1, -0.05) is 24.3 Å². The second-order valence-electron chi connectivity index (χ2n) is 7.02. The number of hydrogen-bond donors (Lipinski definition) is 2. The second kappa shape index (κ2) is 9.86. The third kappa shape index (κ3) is 5.30. The van der Waals surface area contributed by atoms with E-state index in [9.17, 15) is 9.50 Å². The van der Waals surface area contributed by atoms with E-state index in [1.165, 1.54) is 24.4 Å². The first-order chi connectivity index (χ1) is 16.0. The first-order valence-electron chi connectivity index (χ1n) is 10.3. The molecule has 1 aromatic heterocycles. The number of nitrogens with zero attached hydrogens (tertiary/aromatic N) is 2. The lowest BCUT2D eigenvalue weighted by Crippen LogP contribution is -2.01. The summed E-state index contributed by atoms with van der Waals surface area (Å²) >= 11 is 0. The zero-order valence-electron chi connectivity index (χ0n) is 17.9. The van der Waals surface area contributed by atoms with Gasteiger partial charge in [-0.25, -0.2) is 14.4 Å². The number of anilines is 1. The Hall–Kier alpha value is -4.33. The van der Waals surface area contributed by atoms with Gasteiger partial charge in [-0.3, -0.25) is 0 Å². The Morgan fingerprint density at radius 3 is 2.42 bits per heavy atom. The SMILES string of the molecule is CCOc1ccccc1Oc1cnc(N)nc1-c1ccc(OCc2ccc(F)cc2)cc1O. The fourth-order valence-electron chi connectivity index (χ4n) is 3.13. The predicted octanol–water partition coefficient (Wildman–Crippen LogP) is 5.34. The van der Waals surface area contributed by atoms with E-state index >= 15 is 0 Å². The molecule has 7 nitrogen and oxygen atoms in total. The van der Waals surface area contributed by atoms with E-state index in [2.05, 4.69) is 9.97 Å². The first kappa shape index (κ1) is 21.9. The zero-order chi connectivity index (χ0) is 23.2. The van der Waals surface area contributed by atoms with Crippen LogP contribution in [-0.2, 0) is 6.61 Å². The van der Waals surface area contributed by atoms with Crippen LogP contribution in [0.2, 0.25) is 0 Å². The van der Waals surface area contributed by atoms with E-state index in [1.807, 2.05) is 19.1 Å². The molecule has 1 heterocycles. The Morgan fingerprint density at radius 1 is 0.939 bits per heavy atom. The number of hydrogen-bond acceptors (Lipinski definition) is 7. The van der Waals surface area contributed by atoms with Crippen molar-refractivity contribution in [2.45, 2.75) is 13.5 Å². The van der Waals surface area contributed by atoms with Crippen LogP contribution in [-0.4, -0.2) is 21.7 Å². The minimum Gasteiger partial charge on any atom is -0.507 e. The molecule has 0 saturated heterocycles. The fourth-order valence-corrected chi connectivity index (χ4v) is 3.13. The molecule has 3 N–H and O–H groups in total. The van der Waals surface area contributed by atoms with Crippen LogP contribution < -0.4 is 19.9 Å². The van der Waals surface area contributed by atoms with Gasteiger partial charge in [0.2, 0.25) is 5.95 Å². The molecular weight excluding hydrogens is 425 g/mol. The molecule has 0 atom stereocenters. The van der Waals surface area contributed by atoms with Crippen molar-refractivity contribution in [1.29, 1.82) is 0 Å². The van der Waals surface area contributed by atoms with Crippen molar-refractivity contribution in [2.24, 2.45) is 0 Å². The monoisotopic (exact) mass is 447 g/mol. The third-order valence-electron chi connectivity index (χ3n) is 4.69. The number of para-hydroxylation sites is 2. The van der Waals surface area contributed by atoms with Gasteiger partial charge in [0.05, 0.1) is 12.8 Å². The summed E-state index contributed by atoms with van der Waals surface area (Å²) in [5.74, 6) is 1.42. The summed E-state index contributed by atoms with van der Waals surface area (Å²) < 4.78 is 30.4. The van der Waals surface area contributed by atoms with Gasteiger partial charge in [0, 0.05) is 11.6 Å². The lowest BCUT2D eigenvalue weighted by molar-refractivity contribution is 0.304. The van der Waals surface area contributed by atoms with Crippen molar-refractivity contribution in [3.05, 3.63) is 84.3 Å². The summed E-state index contributed by atoms with van der Waals surface area (Å²) in [7, 11) is 0. The second-order valence-corrected chi connectivity index (χ2v) is 7.02. The van der Waals surface area contributed by atoms with Crippen molar-refractivity contribution in [2.75, 3.05) is 12.3 Å². The van der Waals surface area contributed by atoms with Crippen LogP contribution >= 0.6 is 0 Å². The van der Waals surface area contributed by atoms with Gasteiger partial charge in [-0.05, 0) is 48.9 Å². The number of halogens is 1. The molecule has 0 radical (unpaired) electrons. The molecule has 0 fully saturated rings. The highest BCUT2D eigenvalue weighted by molar-refractivity contribution is 5.74. The van der Waals surface area contributed by atoms with E-state index in [-0.39, 0.29) is 24.1 Å². The molecule has 0 amide bonds. The molecule has 168 valence electrons. The highest BCUT2D eigenvalue weighted by atomic mass is 19.1. The number of phenols is 1. The quantitative estimate of drug-likeness (QED) is 0.376. The van der Waals surface area contributed by atoms with Gasteiger partial charge in [-0.2, -0.15) is 0 Å². The van der Waals surface area contributed by atoms with E-state index in [0.29, 0.717) is 40.9 Å². The zero-order valence-corrected chi connectivity index (χ0v) is 17.9. The lowest BCUT2D eigenvalue weighted by Gasteiger charge is -2.15. The van der Waals surface area contributed by atoms with Gasteiger partial charge >= 0.3 is 0 Å². The Balaban J connectivity index is 1.59. The number of benzene rings is 3. The minimum atomic E-state index is -0.313. The molecule has 0 unspecified atom stereocenters. The smallest absolute Gasteiger partial charge is 0.220 e. The van der Waals surface area contributed by atoms with Crippen LogP contribution in [0.4, 0.5) is 10.3 Å². The van der Waals surface area contributed by atoms with Crippen LogP contribution in [0, 0.1) is 5.82 Å². The Bertz CT molecular complexity index is 1250. The molecule has 8 heteroatoms. The number of phenolic OH excluding ortho intramolecular Hbond substituents is 1. The maximum atomic E-state index is 13.1. The van der Waals surface area contributed by atoms with Crippen molar-refractivity contribution in [1.82, 2.24) is 9.97 Å².